The van der Waals surface area contributed by atoms with Gasteiger partial charge >= 0.3 is 12.1 Å². The molecule has 18 nitrogen and oxygen atoms in total. The maximum atomic E-state index is 14.1. The minimum Gasteiger partial charge on any atom is -0.458 e. The lowest BCUT2D eigenvalue weighted by atomic mass is 9.82. The van der Waals surface area contributed by atoms with Crippen LogP contribution in [0.5, 0.6) is 0 Å². The zero-order chi connectivity index (χ0) is 44.1. The first kappa shape index (κ1) is 47.0. The van der Waals surface area contributed by atoms with E-state index in [1.54, 1.807) is 45.9 Å². The Labute approximate surface area is 353 Å². The van der Waals surface area contributed by atoms with Gasteiger partial charge in [0.1, 0.15) is 35.3 Å². The van der Waals surface area contributed by atoms with E-state index in [1.807, 2.05) is 53.6 Å². The van der Waals surface area contributed by atoms with Crippen LogP contribution in [0.2, 0.25) is 0 Å². The van der Waals surface area contributed by atoms with Gasteiger partial charge in [-0.05, 0) is 98.9 Å². The molecule has 0 aromatic carbocycles. The number of aryl methyl sites for hydroxylation is 1. The summed E-state index contributed by atoms with van der Waals surface area (Å²) >= 11 is 0. The topological polar surface area (TPSA) is 201 Å². The zero-order valence-corrected chi connectivity index (χ0v) is 37.1. The average Bonchev–Trinajstić information content (AvgIpc) is 3.78. The van der Waals surface area contributed by atoms with Crippen molar-refractivity contribution in [2.24, 2.45) is 11.8 Å². The van der Waals surface area contributed by atoms with E-state index in [2.05, 4.69) is 20.5 Å². The van der Waals surface area contributed by atoms with E-state index in [0.29, 0.717) is 50.2 Å². The van der Waals surface area contributed by atoms with Crippen LogP contribution in [-0.4, -0.2) is 163 Å². The van der Waals surface area contributed by atoms with E-state index in [9.17, 15) is 24.3 Å². The van der Waals surface area contributed by atoms with Gasteiger partial charge in [0.15, 0.2) is 11.9 Å². The Hall–Kier alpha value is -4.10. The predicted octanol–water partition coefficient (Wildman–Crippen LogP) is 3.51. The minimum atomic E-state index is -1.39. The number of cyclic esters (lactones) is 1. The van der Waals surface area contributed by atoms with Gasteiger partial charge in [0, 0.05) is 52.3 Å². The van der Waals surface area contributed by atoms with Crippen molar-refractivity contribution in [3.8, 4) is 11.4 Å². The number of aliphatic hydroxyl groups is 1. The van der Waals surface area contributed by atoms with Crippen LogP contribution in [0.25, 0.3) is 11.4 Å². The fourth-order valence-corrected chi connectivity index (χ4v) is 9.23. The first-order chi connectivity index (χ1) is 28.3. The Morgan fingerprint density at radius 1 is 1.07 bits per heavy atom. The highest BCUT2D eigenvalue weighted by atomic mass is 16.7. The summed E-state index contributed by atoms with van der Waals surface area (Å²) in [5.74, 6) is -2.87. The number of Topliss-reactive ketones (excluding diaryl/α,β-unsaturated/α-hetero) is 1. The molecule has 0 radical (unpaired) electrons. The third-order valence-corrected chi connectivity index (χ3v) is 12.7. The van der Waals surface area contributed by atoms with E-state index in [1.165, 1.54) is 21.0 Å². The summed E-state index contributed by atoms with van der Waals surface area (Å²) in [5, 5.41) is 27.9. The molecule has 0 spiro atoms. The molecule has 1 N–H and O–H groups in total. The number of fused-ring (bicyclic) bond motifs is 1. The van der Waals surface area contributed by atoms with Crippen LogP contribution in [0.4, 0.5) is 4.79 Å². The minimum absolute atomic E-state index is 0.214. The highest BCUT2D eigenvalue weighted by Gasteiger charge is 2.59. The molecule has 334 valence electrons. The summed E-state index contributed by atoms with van der Waals surface area (Å²) in [7, 11) is 5.29. The molecular formula is C42H66N8O10. The van der Waals surface area contributed by atoms with Gasteiger partial charge in [-0.1, -0.05) is 19.1 Å². The first-order valence-corrected chi connectivity index (χ1v) is 21.2. The maximum Gasteiger partial charge on any atom is 0.410 e. The molecule has 3 aliphatic rings. The molecule has 3 aliphatic heterocycles. The SMILES string of the molecule is CC[C@H]1OC(=O)[C@H](C)C(=O)C[C@@H](O[C@@H]2OC(C)CC(N(C)C)C2O)[C@@](C)(OC)C[C@@H](C)CN(C(C)=O)[C@H](C)[C@H]2N(CCCCn3cc(-c4cccnn4)nn3)C(=O)O[C@]12C. The van der Waals surface area contributed by atoms with Gasteiger partial charge in [-0.25, -0.2) is 4.79 Å². The fourth-order valence-electron chi connectivity index (χ4n) is 9.23. The Bertz CT molecular complexity index is 1780. The number of amides is 2. The third-order valence-electron chi connectivity index (χ3n) is 12.7. The number of ether oxygens (including phenoxy) is 5. The molecule has 3 fully saturated rings. The second kappa shape index (κ2) is 19.7. The molecular weight excluding hydrogens is 777 g/mol. The highest BCUT2D eigenvalue weighted by molar-refractivity contribution is 5.99. The number of methoxy groups -OCH3 is 1. The number of unbranched alkanes of at least 4 members (excludes halogenated alkanes) is 1. The van der Waals surface area contributed by atoms with Crippen LogP contribution >= 0.6 is 0 Å². The number of carbonyl (C=O) groups is 4. The number of aliphatic hydroxyl groups excluding tert-OH is 1. The van der Waals surface area contributed by atoms with Gasteiger partial charge < -0.3 is 38.6 Å². The number of nitrogens with zero attached hydrogens (tertiary/aromatic N) is 8. The van der Waals surface area contributed by atoms with Crippen molar-refractivity contribution in [1.82, 2.24) is 39.9 Å². The van der Waals surface area contributed by atoms with Gasteiger partial charge in [-0.2, -0.15) is 5.10 Å². The molecule has 3 saturated heterocycles. The number of hydrogen-bond acceptors (Lipinski definition) is 15. The van der Waals surface area contributed by atoms with Crippen LogP contribution in [0, 0.1) is 11.8 Å². The molecule has 2 aromatic heterocycles. The number of likely N-dealkylation sites (N-methyl/N-ethyl adjacent to an activating group) is 1. The fraction of sp³-hybridized carbons (Fsp3) is 0.762. The Morgan fingerprint density at radius 3 is 2.42 bits per heavy atom. The van der Waals surface area contributed by atoms with Crippen LogP contribution in [-0.2, 0) is 44.6 Å². The van der Waals surface area contributed by atoms with Crippen LogP contribution in [0.15, 0.2) is 24.5 Å². The Balaban J connectivity index is 1.43. The summed E-state index contributed by atoms with van der Waals surface area (Å²) in [5.41, 5.74) is -1.32. The monoisotopic (exact) mass is 842 g/mol. The molecule has 0 aliphatic carbocycles. The van der Waals surface area contributed by atoms with Crippen molar-refractivity contribution in [2.45, 2.75) is 160 Å². The van der Waals surface area contributed by atoms with E-state index < -0.39 is 71.7 Å². The van der Waals surface area contributed by atoms with Crippen LogP contribution < -0.4 is 0 Å². The third kappa shape index (κ3) is 10.3. The quantitative estimate of drug-likeness (QED) is 0.196. The zero-order valence-electron chi connectivity index (χ0n) is 37.1. The molecule has 0 bridgehead atoms. The van der Waals surface area contributed by atoms with Gasteiger partial charge in [0.25, 0.3) is 0 Å². The van der Waals surface area contributed by atoms with Gasteiger partial charge in [0.2, 0.25) is 5.91 Å². The summed E-state index contributed by atoms with van der Waals surface area (Å²) in [6, 6.07) is 1.99. The van der Waals surface area contributed by atoms with Crippen LogP contribution in [0.1, 0.15) is 93.9 Å². The lowest BCUT2D eigenvalue weighted by Gasteiger charge is -2.46. The summed E-state index contributed by atoms with van der Waals surface area (Å²) in [6.07, 6.45) is 0.659. The van der Waals surface area contributed by atoms with Crippen molar-refractivity contribution < 1.29 is 48.0 Å². The van der Waals surface area contributed by atoms with Crippen molar-refractivity contribution >= 4 is 23.8 Å². The predicted molar refractivity (Wildman–Crippen MR) is 218 cm³/mol. The average molecular weight is 843 g/mol. The summed E-state index contributed by atoms with van der Waals surface area (Å²) < 4.78 is 33.0. The molecule has 60 heavy (non-hydrogen) atoms. The second-order valence-corrected chi connectivity index (χ2v) is 17.5. The number of carbonyl (C=O) groups excluding carboxylic acids is 4. The van der Waals surface area contributed by atoms with Gasteiger partial charge in [-0.15, -0.1) is 10.2 Å². The van der Waals surface area contributed by atoms with Crippen molar-refractivity contribution in [3.63, 3.8) is 0 Å². The first-order valence-electron chi connectivity index (χ1n) is 21.2. The maximum absolute atomic E-state index is 14.1. The molecule has 5 rings (SSSR count). The van der Waals surface area contributed by atoms with E-state index >= 15 is 0 Å². The lowest BCUT2D eigenvalue weighted by molar-refractivity contribution is -0.289. The Kier molecular flexibility index (Phi) is 15.4. The van der Waals surface area contributed by atoms with E-state index in [4.69, 9.17) is 23.7 Å². The molecule has 18 heteroatoms. The highest BCUT2D eigenvalue weighted by Crippen LogP contribution is 2.41. The number of hydrogen-bond donors (Lipinski definition) is 1. The largest absolute Gasteiger partial charge is 0.458 e. The number of rotatable bonds is 11. The van der Waals surface area contributed by atoms with E-state index in [0.717, 1.165) is 0 Å². The molecule has 2 aromatic rings. The van der Waals surface area contributed by atoms with Crippen molar-refractivity contribution in [3.05, 3.63) is 24.5 Å². The molecule has 0 saturated carbocycles. The Morgan fingerprint density at radius 2 is 1.78 bits per heavy atom. The van der Waals surface area contributed by atoms with E-state index in [-0.39, 0.29) is 43.4 Å². The van der Waals surface area contributed by atoms with Gasteiger partial charge in [-0.3, -0.25) is 24.0 Å². The number of aromatic nitrogens is 5. The molecule has 3 unspecified atom stereocenters. The number of ketones is 1. The lowest BCUT2D eigenvalue weighted by Crippen LogP contribution is -2.62. The summed E-state index contributed by atoms with van der Waals surface area (Å²) in [6.45, 7) is 15.2. The van der Waals surface area contributed by atoms with Crippen molar-refractivity contribution in [1.29, 1.82) is 0 Å². The number of esters is 1. The van der Waals surface area contributed by atoms with Crippen LogP contribution in [0.3, 0.4) is 0 Å². The molecule has 5 heterocycles. The second-order valence-electron chi connectivity index (χ2n) is 17.5. The standard InChI is InChI=1S/C42H66N8O10/c1-12-34-42(8)37(49(40(55)60-42)19-14-13-18-48-24-31(45-46-48)30-16-15-17-43-44-30)28(5)50(29(6)51)23-25(2)22-41(7,56-11)35(21-33(52)27(4)38(54)58-34)59-39-36(53)32(47(9)10)20-26(3)57-39/h15-17,24-28,32,34-37,39,53H,12-14,18-23H2,1-11H3/t25-,26?,27-,28-,32?,34-,35-,36?,37-,39+,41+,42-/m1/s1. The van der Waals surface area contributed by atoms with Crippen molar-refractivity contribution in [2.75, 3.05) is 34.3 Å². The molecule has 12 atom stereocenters. The van der Waals surface area contributed by atoms with Gasteiger partial charge in [0.05, 0.1) is 36.1 Å². The normalized spacial score (nSPS) is 34.8. The molecule has 2 amide bonds. The smallest absolute Gasteiger partial charge is 0.410 e. The summed E-state index contributed by atoms with van der Waals surface area (Å²) in [4.78, 5) is 61.0.